The summed E-state index contributed by atoms with van der Waals surface area (Å²) in [5.74, 6) is 0.964. The molecule has 3 fully saturated rings. The molecule has 9 nitrogen and oxygen atoms in total. The van der Waals surface area contributed by atoms with E-state index in [0.717, 1.165) is 24.4 Å². The number of rotatable bonds is 4. The van der Waals surface area contributed by atoms with Crippen molar-refractivity contribution >= 4 is 27.5 Å². The Labute approximate surface area is 193 Å². The number of anilines is 1. The highest BCUT2D eigenvalue weighted by Gasteiger charge is 2.47. The first-order chi connectivity index (χ1) is 15.9. The van der Waals surface area contributed by atoms with Gasteiger partial charge in [0.05, 0.1) is 23.2 Å². The Morgan fingerprint density at radius 2 is 1.88 bits per heavy atom. The summed E-state index contributed by atoms with van der Waals surface area (Å²) in [6.07, 6.45) is 10.9. The van der Waals surface area contributed by atoms with Gasteiger partial charge in [0.1, 0.15) is 6.61 Å². The van der Waals surface area contributed by atoms with Crippen molar-refractivity contribution in [3.8, 4) is 0 Å². The van der Waals surface area contributed by atoms with Crippen LogP contribution in [0, 0.1) is 0 Å². The van der Waals surface area contributed by atoms with Crippen LogP contribution in [0.5, 0.6) is 0 Å². The van der Waals surface area contributed by atoms with Gasteiger partial charge in [-0.25, -0.2) is 8.42 Å². The predicted octanol–water partition coefficient (Wildman–Crippen LogP) is 1.55. The maximum absolute atomic E-state index is 13.3. The zero-order chi connectivity index (χ0) is 22.6. The molecule has 0 bridgehead atoms. The van der Waals surface area contributed by atoms with Crippen LogP contribution in [0.3, 0.4) is 0 Å². The number of carbonyl (C=O) groups is 1. The van der Waals surface area contributed by atoms with Crippen molar-refractivity contribution in [2.24, 2.45) is 4.99 Å². The van der Waals surface area contributed by atoms with Gasteiger partial charge in [0.25, 0.3) is 5.84 Å². The van der Waals surface area contributed by atoms with Crippen LogP contribution in [0.2, 0.25) is 0 Å². The third-order valence-corrected chi connectivity index (χ3v) is 9.08. The number of sulfonamides is 1. The minimum Gasteiger partial charge on any atom is -0.363 e. The predicted molar refractivity (Wildman–Crippen MR) is 123 cm³/mol. The zero-order valence-corrected chi connectivity index (χ0v) is 19.2. The summed E-state index contributed by atoms with van der Waals surface area (Å²) < 4.78 is 34.1. The van der Waals surface area contributed by atoms with E-state index < -0.39 is 15.6 Å². The number of aliphatic imine (C=N–C) groups is 1. The molecule has 6 rings (SSSR count). The van der Waals surface area contributed by atoms with E-state index in [-0.39, 0.29) is 12.5 Å². The molecule has 173 valence electrons. The largest absolute Gasteiger partial charge is 0.363 e. The summed E-state index contributed by atoms with van der Waals surface area (Å²) in [6, 6.07) is 7.39. The SMILES string of the molecule is O=C1COC2(CCN(S(=O)(=O)c3ccc(N4C=CC5=NC=C[N+]5C4)cc3)CC2)CN1C1CC1. The van der Waals surface area contributed by atoms with Gasteiger partial charge in [-0.2, -0.15) is 9.30 Å². The highest BCUT2D eigenvalue weighted by Crippen LogP contribution is 2.37. The first-order valence-electron chi connectivity index (χ1n) is 11.4. The van der Waals surface area contributed by atoms with Crippen molar-refractivity contribution in [3.63, 3.8) is 0 Å². The quantitative estimate of drug-likeness (QED) is 0.625. The number of nitrogens with zero attached hydrogens (tertiary/aromatic N) is 5. The number of fused-ring (bicyclic) bond motifs is 1. The third kappa shape index (κ3) is 3.80. The summed E-state index contributed by atoms with van der Waals surface area (Å²) in [5.41, 5.74) is 0.502. The number of benzene rings is 1. The molecule has 1 aliphatic carbocycles. The Morgan fingerprint density at radius 1 is 1.12 bits per heavy atom. The fraction of sp³-hybridized carbons (Fsp3) is 0.478. The van der Waals surface area contributed by atoms with Crippen LogP contribution in [0.4, 0.5) is 5.69 Å². The standard InChI is InChI=1S/C23H27N5O4S/c29-22-15-32-23(16-28(22)19-1-2-19)8-12-27(13-9-23)33(30,31)20-5-3-18(4-6-20)25-11-7-21-24-10-14-26(21)17-25/h3-7,10-11,14,19H,1-2,8-9,12-13,15-17H2/q+1. The fourth-order valence-electron chi connectivity index (χ4n) is 4.99. The average Bonchev–Trinajstić information content (AvgIpc) is 3.57. The summed E-state index contributed by atoms with van der Waals surface area (Å²) in [7, 11) is -3.59. The average molecular weight is 470 g/mol. The van der Waals surface area contributed by atoms with Crippen LogP contribution in [0.25, 0.3) is 0 Å². The Balaban J connectivity index is 1.12. The molecular weight excluding hydrogens is 442 g/mol. The molecule has 1 saturated carbocycles. The number of carbonyl (C=O) groups excluding carboxylic acids is 1. The number of amidine groups is 1. The number of amides is 1. The molecule has 0 unspecified atom stereocenters. The lowest BCUT2D eigenvalue weighted by Crippen LogP contribution is -2.59. The van der Waals surface area contributed by atoms with E-state index in [1.165, 1.54) is 0 Å². The molecule has 33 heavy (non-hydrogen) atoms. The van der Waals surface area contributed by atoms with Gasteiger partial charge in [0.15, 0.2) is 6.20 Å². The van der Waals surface area contributed by atoms with Crippen LogP contribution < -0.4 is 9.80 Å². The van der Waals surface area contributed by atoms with Gasteiger partial charge in [-0.15, -0.1) is 0 Å². The number of morpholine rings is 1. The second-order valence-electron chi connectivity index (χ2n) is 9.30. The van der Waals surface area contributed by atoms with E-state index in [2.05, 4.69) is 4.99 Å². The zero-order valence-electron chi connectivity index (χ0n) is 18.3. The van der Waals surface area contributed by atoms with Gasteiger partial charge in [0, 0.05) is 37.1 Å². The Morgan fingerprint density at radius 3 is 2.61 bits per heavy atom. The van der Waals surface area contributed by atoms with E-state index in [1.54, 1.807) is 22.6 Å². The molecule has 0 aromatic heterocycles. The molecular formula is C23H27N5O4S+. The summed E-state index contributed by atoms with van der Waals surface area (Å²) >= 11 is 0. The van der Waals surface area contributed by atoms with Gasteiger partial charge >= 0.3 is 0 Å². The van der Waals surface area contributed by atoms with Crippen molar-refractivity contribution < 1.29 is 17.9 Å². The van der Waals surface area contributed by atoms with Gasteiger partial charge in [0.2, 0.25) is 22.6 Å². The van der Waals surface area contributed by atoms with Crippen LogP contribution in [-0.4, -0.2) is 73.9 Å². The highest BCUT2D eigenvalue weighted by molar-refractivity contribution is 7.89. The monoisotopic (exact) mass is 469 g/mol. The highest BCUT2D eigenvalue weighted by atomic mass is 32.2. The Bertz CT molecular complexity index is 1150. The molecule has 1 spiro atoms. The third-order valence-electron chi connectivity index (χ3n) is 7.16. The van der Waals surface area contributed by atoms with E-state index in [1.807, 2.05) is 45.3 Å². The molecule has 4 heterocycles. The molecule has 1 aromatic rings. The second-order valence-corrected chi connectivity index (χ2v) is 11.2. The van der Waals surface area contributed by atoms with Crippen molar-refractivity contribution in [1.82, 2.24) is 14.1 Å². The van der Waals surface area contributed by atoms with Gasteiger partial charge in [-0.3, -0.25) is 9.69 Å². The number of hydrogen-bond donors (Lipinski definition) is 0. The lowest BCUT2D eigenvalue weighted by molar-refractivity contribution is -0.170. The summed E-state index contributed by atoms with van der Waals surface area (Å²) in [5, 5.41) is 0. The van der Waals surface area contributed by atoms with Crippen molar-refractivity contribution in [3.05, 3.63) is 48.9 Å². The normalized spacial score (nSPS) is 25.6. The Kier molecular flexibility index (Phi) is 4.95. The first kappa shape index (κ1) is 21.0. The van der Waals surface area contributed by atoms with Crippen molar-refractivity contribution in [1.29, 1.82) is 0 Å². The van der Waals surface area contributed by atoms with E-state index in [9.17, 15) is 13.2 Å². The van der Waals surface area contributed by atoms with Crippen molar-refractivity contribution in [2.45, 2.75) is 42.2 Å². The molecule has 0 atom stereocenters. The van der Waals surface area contributed by atoms with Crippen LogP contribution in [0.1, 0.15) is 25.7 Å². The smallest absolute Gasteiger partial charge is 0.284 e. The topological polar surface area (TPSA) is 88.4 Å². The van der Waals surface area contributed by atoms with Crippen LogP contribution in [0.15, 0.2) is 58.8 Å². The Hall–Kier alpha value is -2.53. The molecule has 4 aliphatic heterocycles. The van der Waals surface area contributed by atoms with Crippen molar-refractivity contribution in [2.75, 3.05) is 37.8 Å². The van der Waals surface area contributed by atoms with Gasteiger partial charge in [-0.05, 0) is 49.9 Å². The molecule has 0 N–H and O–H groups in total. The lowest BCUT2D eigenvalue weighted by atomic mass is 9.90. The van der Waals surface area contributed by atoms with Crippen LogP contribution in [-0.2, 0) is 19.6 Å². The summed E-state index contributed by atoms with van der Waals surface area (Å²) in [6.45, 7) is 2.12. The van der Waals surface area contributed by atoms with Crippen LogP contribution >= 0.6 is 0 Å². The molecule has 2 saturated heterocycles. The molecule has 5 aliphatic rings. The number of ether oxygens (including phenoxy) is 1. The molecule has 1 amide bonds. The maximum atomic E-state index is 13.3. The van der Waals surface area contributed by atoms with E-state index >= 15 is 0 Å². The molecule has 1 aromatic carbocycles. The number of piperidine rings is 1. The minimum atomic E-state index is -3.59. The first-order valence-corrected chi connectivity index (χ1v) is 12.9. The summed E-state index contributed by atoms with van der Waals surface area (Å²) in [4.78, 5) is 22.8. The van der Waals surface area contributed by atoms with E-state index in [4.69, 9.17) is 4.74 Å². The van der Waals surface area contributed by atoms with Gasteiger partial charge < -0.3 is 9.64 Å². The fourth-order valence-corrected chi connectivity index (χ4v) is 6.43. The maximum Gasteiger partial charge on any atom is 0.284 e. The molecule has 10 heteroatoms. The minimum absolute atomic E-state index is 0.0612. The lowest BCUT2D eigenvalue weighted by Gasteiger charge is -2.46. The number of hydrogen-bond acceptors (Lipinski definition) is 7. The van der Waals surface area contributed by atoms with Gasteiger partial charge in [-0.1, -0.05) is 4.90 Å². The second kappa shape index (κ2) is 7.76. The van der Waals surface area contributed by atoms with E-state index in [0.29, 0.717) is 50.1 Å². The molecule has 1 radical (unpaired) electrons.